The summed E-state index contributed by atoms with van der Waals surface area (Å²) in [4.78, 5) is 16.0. The number of benzene rings is 2. The summed E-state index contributed by atoms with van der Waals surface area (Å²) in [5, 5.41) is 19.9. The molecule has 0 saturated heterocycles. The van der Waals surface area contributed by atoms with Gasteiger partial charge in [0.05, 0.1) is 29.7 Å². The number of imidazole rings is 1. The highest BCUT2D eigenvalue weighted by atomic mass is 16.5. The van der Waals surface area contributed by atoms with Crippen LogP contribution in [0.4, 0.5) is 0 Å². The van der Waals surface area contributed by atoms with Gasteiger partial charge in [-0.2, -0.15) is 0 Å². The van der Waals surface area contributed by atoms with Gasteiger partial charge in [-0.3, -0.25) is 0 Å². The second-order valence-electron chi connectivity index (χ2n) is 6.00. The predicted molar refractivity (Wildman–Crippen MR) is 99.6 cm³/mol. The summed E-state index contributed by atoms with van der Waals surface area (Å²) >= 11 is 0. The number of para-hydroxylation sites is 2. The lowest BCUT2D eigenvalue weighted by molar-refractivity contribution is 0.0526. The van der Waals surface area contributed by atoms with E-state index in [-0.39, 0.29) is 25.7 Å². The minimum absolute atomic E-state index is 0.0656. The molecule has 0 aliphatic carbocycles. The van der Waals surface area contributed by atoms with E-state index >= 15 is 0 Å². The van der Waals surface area contributed by atoms with Crippen LogP contribution in [-0.4, -0.2) is 45.1 Å². The second kappa shape index (κ2) is 8.66. The number of hydrogen-bond acceptors (Lipinski definition) is 6. The number of fused-ring (bicyclic) bond motifs is 1. The molecule has 0 saturated carbocycles. The van der Waals surface area contributed by atoms with Crippen molar-refractivity contribution in [1.82, 2.24) is 9.55 Å². The molecule has 3 aromatic rings. The van der Waals surface area contributed by atoms with E-state index in [0.717, 1.165) is 11.0 Å². The fourth-order valence-electron chi connectivity index (χ4n) is 2.81. The summed E-state index contributed by atoms with van der Waals surface area (Å²) in [7, 11) is 0. The molecule has 1 atom stereocenters. The fraction of sp³-hybridized carbons (Fsp3) is 0.300. The van der Waals surface area contributed by atoms with E-state index in [1.807, 2.05) is 24.3 Å². The van der Waals surface area contributed by atoms with Gasteiger partial charge in [0.15, 0.2) is 0 Å². The Hall–Kier alpha value is -2.90. The Balaban J connectivity index is 1.62. The molecule has 3 rings (SSSR count). The van der Waals surface area contributed by atoms with Crippen molar-refractivity contribution in [2.24, 2.45) is 0 Å². The van der Waals surface area contributed by atoms with Crippen LogP contribution in [0.5, 0.6) is 5.75 Å². The van der Waals surface area contributed by atoms with Gasteiger partial charge in [-0.15, -0.1) is 0 Å². The Bertz CT molecular complexity index is 904. The molecule has 0 amide bonds. The molecule has 7 nitrogen and oxygen atoms in total. The molecule has 1 aromatic heterocycles. The molecule has 0 aliphatic heterocycles. The summed E-state index contributed by atoms with van der Waals surface area (Å²) < 4.78 is 12.3. The largest absolute Gasteiger partial charge is 0.491 e. The van der Waals surface area contributed by atoms with Crippen LogP contribution in [0, 0.1) is 0 Å². The van der Waals surface area contributed by atoms with Gasteiger partial charge in [0, 0.05) is 0 Å². The van der Waals surface area contributed by atoms with Crippen LogP contribution in [0.3, 0.4) is 0 Å². The fourth-order valence-corrected chi connectivity index (χ4v) is 2.81. The van der Waals surface area contributed by atoms with Gasteiger partial charge in [0.2, 0.25) is 0 Å². The summed E-state index contributed by atoms with van der Waals surface area (Å²) in [6.07, 6.45) is -0.794. The molecule has 0 aliphatic rings. The van der Waals surface area contributed by atoms with E-state index in [2.05, 4.69) is 4.98 Å². The quantitative estimate of drug-likeness (QED) is 0.590. The number of aliphatic hydroxyl groups is 2. The third-order valence-electron chi connectivity index (χ3n) is 4.08. The molecule has 142 valence electrons. The molecule has 7 heteroatoms. The summed E-state index contributed by atoms with van der Waals surface area (Å²) in [5.41, 5.74) is 2.06. The number of nitrogens with zero attached hydrogens (tertiary/aromatic N) is 2. The topological polar surface area (TPSA) is 93.8 Å². The molecule has 0 fully saturated rings. The number of hydrogen-bond donors (Lipinski definition) is 2. The minimum atomic E-state index is -0.794. The number of carbonyl (C=O) groups excluding carboxylic acids is 1. The monoisotopic (exact) mass is 370 g/mol. The van der Waals surface area contributed by atoms with Gasteiger partial charge < -0.3 is 24.3 Å². The second-order valence-corrected chi connectivity index (χ2v) is 6.00. The van der Waals surface area contributed by atoms with Crippen molar-refractivity contribution < 1.29 is 24.5 Å². The highest BCUT2D eigenvalue weighted by molar-refractivity contribution is 5.89. The zero-order chi connectivity index (χ0) is 19.2. The maximum atomic E-state index is 11.6. The van der Waals surface area contributed by atoms with E-state index in [1.54, 1.807) is 35.8 Å². The van der Waals surface area contributed by atoms with Crippen LogP contribution in [0.1, 0.15) is 23.1 Å². The van der Waals surface area contributed by atoms with Gasteiger partial charge >= 0.3 is 5.97 Å². The third-order valence-corrected chi connectivity index (χ3v) is 4.08. The Morgan fingerprint density at radius 1 is 1.19 bits per heavy atom. The summed E-state index contributed by atoms with van der Waals surface area (Å²) in [6.45, 7) is 2.18. The predicted octanol–water partition coefficient (Wildman–Crippen LogP) is 2.15. The molecular formula is C20H22N2O5. The normalized spacial score (nSPS) is 12.1. The maximum absolute atomic E-state index is 11.6. The van der Waals surface area contributed by atoms with Crippen molar-refractivity contribution in [3.8, 4) is 5.75 Å². The lowest BCUT2D eigenvalue weighted by Gasteiger charge is -2.15. The van der Waals surface area contributed by atoms with E-state index in [1.165, 1.54) is 0 Å². The first kappa shape index (κ1) is 18.9. The third kappa shape index (κ3) is 4.45. The zero-order valence-electron chi connectivity index (χ0n) is 15.0. The molecule has 2 aromatic carbocycles. The number of rotatable bonds is 8. The van der Waals surface area contributed by atoms with Gasteiger partial charge in [0.25, 0.3) is 0 Å². The van der Waals surface area contributed by atoms with Crippen molar-refractivity contribution in [2.45, 2.75) is 26.2 Å². The van der Waals surface area contributed by atoms with Crippen LogP contribution in [0.25, 0.3) is 11.0 Å². The van der Waals surface area contributed by atoms with Crippen LogP contribution in [0.15, 0.2) is 48.5 Å². The number of aliphatic hydroxyl groups excluding tert-OH is 2. The van der Waals surface area contributed by atoms with Crippen LogP contribution < -0.4 is 4.74 Å². The Morgan fingerprint density at radius 2 is 1.93 bits per heavy atom. The molecule has 0 spiro atoms. The molecule has 0 radical (unpaired) electrons. The van der Waals surface area contributed by atoms with Gasteiger partial charge in [-0.05, 0) is 43.3 Å². The standard InChI is InChI=1S/C20H22N2O5/c1-2-26-20(25)14-7-9-16(10-8-14)27-13-15(24)11-22-18-6-4-3-5-17(18)21-19(22)12-23/h3-10,15,23-24H,2,11-13H2,1H3. The molecular weight excluding hydrogens is 348 g/mol. The number of ether oxygens (including phenoxy) is 2. The SMILES string of the molecule is CCOC(=O)c1ccc(OCC(O)Cn2c(CO)nc3ccccc32)cc1. The van der Waals surface area contributed by atoms with Gasteiger partial charge in [-0.1, -0.05) is 12.1 Å². The van der Waals surface area contributed by atoms with E-state index in [0.29, 0.717) is 23.7 Å². The molecule has 27 heavy (non-hydrogen) atoms. The van der Waals surface area contributed by atoms with Crippen molar-refractivity contribution in [3.05, 3.63) is 59.9 Å². The van der Waals surface area contributed by atoms with E-state index < -0.39 is 6.10 Å². The minimum Gasteiger partial charge on any atom is -0.491 e. The smallest absolute Gasteiger partial charge is 0.338 e. The Kier molecular flexibility index (Phi) is 6.05. The Morgan fingerprint density at radius 3 is 2.63 bits per heavy atom. The first-order valence-electron chi connectivity index (χ1n) is 8.75. The zero-order valence-corrected chi connectivity index (χ0v) is 15.0. The molecule has 1 heterocycles. The van der Waals surface area contributed by atoms with Gasteiger partial charge in [-0.25, -0.2) is 9.78 Å². The average Bonchev–Trinajstić information content (AvgIpc) is 3.04. The summed E-state index contributed by atoms with van der Waals surface area (Å²) in [5.74, 6) is 0.654. The first-order valence-corrected chi connectivity index (χ1v) is 8.75. The summed E-state index contributed by atoms with van der Waals surface area (Å²) in [6, 6.07) is 14.1. The molecule has 1 unspecified atom stereocenters. The molecule has 2 N–H and O–H groups in total. The number of aromatic nitrogens is 2. The highest BCUT2D eigenvalue weighted by Crippen LogP contribution is 2.18. The van der Waals surface area contributed by atoms with Gasteiger partial charge in [0.1, 0.15) is 30.9 Å². The van der Waals surface area contributed by atoms with Crippen molar-refractivity contribution in [1.29, 1.82) is 0 Å². The Labute approximate surface area is 156 Å². The molecule has 0 bridgehead atoms. The van der Waals surface area contributed by atoms with Crippen molar-refractivity contribution in [3.63, 3.8) is 0 Å². The average molecular weight is 370 g/mol. The number of carbonyl (C=O) groups is 1. The first-order chi connectivity index (χ1) is 13.1. The van der Waals surface area contributed by atoms with Crippen LogP contribution in [0.2, 0.25) is 0 Å². The van der Waals surface area contributed by atoms with Crippen LogP contribution >= 0.6 is 0 Å². The van der Waals surface area contributed by atoms with Crippen molar-refractivity contribution >= 4 is 17.0 Å². The van der Waals surface area contributed by atoms with E-state index in [4.69, 9.17) is 9.47 Å². The number of esters is 1. The van der Waals surface area contributed by atoms with Crippen LogP contribution in [-0.2, 0) is 17.9 Å². The van der Waals surface area contributed by atoms with E-state index in [9.17, 15) is 15.0 Å². The highest BCUT2D eigenvalue weighted by Gasteiger charge is 2.14. The lowest BCUT2D eigenvalue weighted by Crippen LogP contribution is -2.24. The maximum Gasteiger partial charge on any atom is 0.338 e. The van der Waals surface area contributed by atoms with Crippen molar-refractivity contribution in [2.75, 3.05) is 13.2 Å². The lowest BCUT2D eigenvalue weighted by atomic mass is 10.2.